The zero-order valence-electron chi connectivity index (χ0n) is 12.4. The fourth-order valence-corrected chi connectivity index (χ4v) is 2.64. The van der Waals surface area contributed by atoms with Crippen molar-refractivity contribution < 1.29 is 4.74 Å². The second kappa shape index (κ2) is 7.42. The van der Waals surface area contributed by atoms with Crippen LogP contribution in [0.3, 0.4) is 0 Å². The average molecular weight is 249 g/mol. The molecule has 0 saturated heterocycles. The maximum Gasteiger partial charge on any atom is 0.122 e. The number of aryl methyl sites for hydroxylation is 1. The van der Waals surface area contributed by atoms with Gasteiger partial charge in [-0.25, -0.2) is 0 Å². The third kappa shape index (κ3) is 3.74. The van der Waals surface area contributed by atoms with Gasteiger partial charge in [0.05, 0.1) is 7.11 Å². The second-order valence-electron chi connectivity index (χ2n) is 5.18. The van der Waals surface area contributed by atoms with E-state index in [0.717, 1.165) is 12.3 Å². The summed E-state index contributed by atoms with van der Waals surface area (Å²) in [4.78, 5) is 0. The maximum absolute atomic E-state index is 5.53. The Labute approximate surface area is 112 Å². The highest BCUT2D eigenvalue weighted by atomic mass is 16.5. The second-order valence-corrected chi connectivity index (χ2v) is 5.18. The third-order valence-corrected chi connectivity index (χ3v) is 3.64. The number of hydrogen-bond donors (Lipinski definition) is 1. The van der Waals surface area contributed by atoms with E-state index in [1.54, 1.807) is 7.11 Å². The first-order valence-electron chi connectivity index (χ1n) is 6.93. The molecule has 1 rings (SSSR count). The fraction of sp³-hybridized carbons (Fsp3) is 0.625. The zero-order chi connectivity index (χ0) is 13.5. The monoisotopic (exact) mass is 249 g/mol. The minimum absolute atomic E-state index is 0.518. The van der Waals surface area contributed by atoms with Crippen molar-refractivity contribution in [3.63, 3.8) is 0 Å². The van der Waals surface area contributed by atoms with Gasteiger partial charge in [0.15, 0.2) is 0 Å². The van der Waals surface area contributed by atoms with Gasteiger partial charge in [0.2, 0.25) is 0 Å². The molecule has 0 amide bonds. The zero-order valence-corrected chi connectivity index (χ0v) is 12.4. The van der Waals surface area contributed by atoms with Gasteiger partial charge in [-0.1, -0.05) is 44.4 Å². The Bertz CT molecular complexity index is 362. The van der Waals surface area contributed by atoms with E-state index >= 15 is 0 Å². The van der Waals surface area contributed by atoms with E-state index in [1.807, 2.05) is 7.05 Å². The minimum atomic E-state index is 0.518. The quantitative estimate of drug-likeness (QED) is 0.795. The van der Waals surface area contributed by atoms with Crippen LogP contribution in [0.2, 0.25) is 0 Å². The Hall–Kier alpha value is -1.02. The Balaban J connectivity index is 3.06. The number of nitrogens with one attached hydrogen (secondary N) is 1. The molecule has 18 heavy (non-hydrogen) atoms. The molecule has 0 heterocycles. The van der Waals surface area contributed by atoms with E-state index in [4.69, 9.17) is 4.74 Å². The molecule has 0 saturated carbocycles. The molecule has 2 atom stereocenters. The van der Waals surface area contributed by atoms with Crippen molar-refractivity contribution in [1.29, 1.82) is 0 Å². The highest BCUT2D eigenvalue weighted by molar-refractivity contribution is 5.40. The number of hydrogen-bond acceptors (Lipinski definition) is 2. The summed E-state index contributed by atoms with van der Waals surface area (Å²) < 4.78 is 5.53. The molecule has 2 nitrogen and oxygen atoms in total. The smallest absolute Gasteiger partial charge is 0.122 e. The Morgan fingerprint density at radius 3 is 2.61 bits per heavy atom. The van der Waals surface area contributed by atoms with Gasteiger partial charge in [-0.2, -0.15) is 0 Å². The van der Waals surface area contributed by atoms with Crippen LogP contribution in [0.4, 0.5) is 0 Å². The van der Waals surface area contributed by atoms with Crippen LogP contribution in [-0.4, -0.2) is 20.7 Å². The molecule has 2 unspecified atom stereocenters. The van der Waals surface area contributed by atoms with Crippen molar-refractivity contribution >= 4 is 0 Å². The lowest BCUT2D eigenvalue weighted by atomic mass is 9.83. The van der Waals surface area contributed by atoms with E-state index in [-0.39, 0.29) is 0 Å². The van der Waals surface area contributed by atoms with E-state index in [2.05, 4.69) is 44.3 Å². The van der Waals surface area contributed by atoms with Gasteiger partial charge in [0.25, 0.3) is 0 Å². The standard InChI is InChI=1S/C16H27NO/c1-6-7-13(3)15(11-17-4)14-10-12(2)8-9-16(14)18-5/h8-10,13,15,17H,6-7,11H2,1-5H3. The third-order valence-electron chi connectivity index (χ3n) is 3.64. The van der Waals surface area contributed by atoms with Crippen molar-refractivity contribution in [1.82, 2.24) is 5.32 Å². The van der Waals surface area contributed by atoms with Gasteiger partial charge >= 0.3 is 0 Å². The van der Waals surface area contributed by atoms with Gasteiger partial charge in [0, 0.05) is 12.5 Å². The van der Waals surface area contributed by atoms with Gasteiger partial charge in [-0.3, -0.25) is 0 Å². The average Bonchev–Trinajstić information content (AvgIpc) is 2.36. The molecule has 0 aromatic heterocycles. The summed E-state index contributed by atoms with van der Waals surface area (Å²) in [5.74, 6) is 2.20. The van der Waals surface area contributed by atoms with Crippen LogP contribution in [0.5, 0.6) is 5.75 Å². The highest BCUT2D eigenvalue weighted by Gasteiger charge is 2.21. The summed E-state index contributed by atoms with van der Waals surface area (Å²) in [5.41, 5.74) is 2.64. The summed E-state index contributed by atoms with van der Waals surface area (Å²) in [5, 5.41) is 3.32. The summed E-state index contributed by atoms with van der Waals surface area (Å²) in [7, 11) is 3.78. The first-order valence-corrected chi connectivity index (χ1v) is 6.93. The fourth-order valence-electron chi connectivity index (χ4n) is 2.64. The predicted octanol–water partition coefficient (Wildman–Crippen LogP) is 3.74. The van der Waals surface area contributed by atoms with Crippen LogP contribution >= 0.6 is 0 Å². The molecule has 0 aliphatic carbocycles. The molecule has 0 fully saturated rings. The predicted molar refractivity (Wildman–Crippen MR) is 78.5 cm³/mol. The summed E-state index contributed by atoms with van der Waals surface area (Å²) in [6.45, 7) is 7.73. The normalized spacial score (nSPS) is 14.3. The Kier molecular flexibility index (Phi) is 6.20. The lowest BCUT2D eigenvalue weighted by Crippen LogP contribution is -2.23. The lowest BCUT2D eigenvalue weighted by Gasteiger charge is -2.26. The van der Waals surface area contributed by atoms with Gasteiger partial charge < -0.3 is 10.1 Å². The summed E-state index contributed by atoms with van der Waals surface area (Å²) in [6, 6.07) is 6.47. The van der Waals surface area contributed by atoms with Gasteiger partial charge in [-0.05, 0) is 31.5 Å². The molecular weight excluding hydrogens is 222 g/mol. The van der Waals surface area contributed by atoms with E-state index in [0.29, 0.717) is 11.8 Å². The molecule has 0 bridgehead atoms. The molecule has 0 aliphatic rings. The number of rotatable bonds is 7. The Morgan fingerprint density at radius 2 is 2.06 bits per heavy atom. The molecule has 0 radical (unpaired) electrons. The van der Waals surface area contributed by atoms with E-state index < -0.39 is 0 Å². The van der Waals surface area contributed by atoms with E-state index in [9.17, 15) is 0 Å². The van der Waals surface area contributed by atoms with Gasteiger partial charge in [-0.15, -0.1) is 0 Å². The molecule has 1 aromatic rings. The minimum Gasteiger partial charge on any atom is -0.496 e. The maximum atomic E-state index is 5.53. The summed E-state index contributed by atoms with van der Waals surface area (Å²) >= 11 is 0. The number of methoxy groups -OCH3 is 1. The molecule has 102 valence electrons. The topological polar surface area (TPSA) is 21.3 Å². The first kappa shape index (κ1) is 15.0. The van der Waals surface area contributed by atoms with Crippen molar-refractivity contribution in [2.24, 2.45) is 5.92 Å². The molecule has 1 aromatic carbocycles. The van der Waals surface area contributed by atoms with Crippen LogP contribution < -0.4 is 10.1 Å². The molecule has 0 aliphatic heterocycles. The molecular formula is C16H27NO. The van der Waals surface area contributed by atoms with Crippen LogP contribution in [0.15, 0.2) is 18.2 Å². The Morgan fingerprint density at radius 1 is 1.33 bits per heavy atom. The van der Waals surface area contributed by atoms with Crippen molar-refractivity contribution in [3.05, 3.63) is 29.3 Å². The summed E-state index contributed by atoms with van der Waals surface area (Å²) in [6.07, 6.45) is 2.49. The highest BCUT2D eigenvalue weighted by Crippen LogP contribution is 2.34. The molecule has 1 N–H and O–H groups in total. The van der Waals surface area contributed by atoms with Crippen molar-refractivity contribution in [2.45, 2.75) is 39.5 Å². The van der Waals surface area contributed by atoms with Crippen molar-refractivity contribution in [2.75, 3.05) is 20.7 Å². The van der Waals surface area contributed by atoms with Crippen LogP contribution in [0.25, 0.3) is 0 Å². The van der Waals surface area contributed by atoms with Gasteiger partial charge in [0.1, 0.15) is 5.75 Å². The number of likely N-dealkylation sites (N-methyl/N-ethyl adjacent to an activating group) is 1. The van der Waals surface area contributed by atoms with Crippen LogP contribution in [-0.2, 0) is 0 Å². The van der Waals surface area contributed by atoms with Crippen LogP contribution in [0.1, 0.15) is 43.7 Å². The molecule has 2 heteroatoms. The van der Waals surface area contributed by atoms with E-state index in [1.165, 1.54) is 24.0 Å². The SMILES string of the molecule is CCCC(C)C(CNC)c1cc(C)ccc1OC. The molecule has 0 spiro atoms. The largest absolute Gasteiger partial charge is 0.496 e. The van der Waals surface area contributed by atoms with Crippen molar-refractivity contribution in [3.8, 4) is 5.75 Å². The van der Waals surface area contributed by atoms with Crippen LogP contribution in [0, 0.1) is 12.8 Å². The number of benzene rings is 1. The number of ether oxygens (including phenoxy) is 1. The lowest BCUT2D eigenvalue weighted by molar-refractivity contribution is 0.374. The first-order chi connectivity index (χ1) is 8.63.